The lowest BCUT2D eigenvalue weighted by molar-refractivity contribution is 0.103. The molecule has 2 nitrogen and oxygen atoms in total. The number of aryl methyl sites for hydroxylation is 2. The lowest BCUT2D eigenvalue weighted by Gasteiger charge is -2.14. The summed E-state index contributed by atoms with van der Waals surface area (Å²) in [5.74, 6) is -0.864. The molecule has 0 aliphatic carbocycles. The van der Waals surface area contributed by atoms with E-state index in [1.807, 2.05) is 33.8 Å². The molecule has 0 unspecified atom stereocenters. The van der Waals surface area contributed by atoms with Gasteiger partial charge in [0, 0.05) is 11.3 Å². The highest BCUT2D eigenvalue weighted by molar-refractivity contribution is 6.11. The third-order valence-corrected chi connectivity index (χ3v) is 3.83. The molecule has 0 bridgehead atoms. The number of benzene rings is 2. The molecule has 0 heterocycles. The van der Waals surface area contributed by atoms with Crippen LogP contribution in [-0.2, 0) is 0 Å². The van der Waals surface area contributed by atoms with Crippen molar-refractivity contribution >= 4 is 11.5 Å². The average Bonchev–Trinajstić information content (AvgIpc) is 2.36. The number of ketones is 1. The molecule has 0 saturated heterocycles. The van der Waals surface area contributed by atoms with Gasteiger partial charge in [0.05, 0.1) is 5.56 Å². The molecule has 20 heavy (non-hydrogen) atoms. The van der Waals surface area contributed by atoms with Crippen LogP contribution in [0.1, 0.15) is 38.2 Å². The van der Waals surface area contributed by atoms with E-state index in [0.29, 0.717) is 11.3 Å². The third-order valence-electron chi connectivity index (χ3n) is 3.83. The quantitative estimate of drug-likeness (QED) is 0.665. The fourth-order valence-electron chi connectivity index (χ4n) is 2.41. The minimum atomic E-state index is -0.576. The standard InChI is InChI=1S/C17H18FNO/c1-9-7-10(2)12(4)16(11(9)3)17(20)14-6-5-13(19)8-15(14)18/h5-8H,19H2,1-4H3. The van der Waals surface area contributed by atoms with Crippen LogP contribution in [0, 0.1) is 33.5 Å². The maximum absolute atomic E-state index is 14.0. The van der Waals surface area contributed by atoms with Crippen molar-refractivity contribution in [3.8, 4) is 0 Å². The Morgan fingerprint density at radius 1 is 1.00 bits per heavy atom. The van der Waals surface area contributed by atoms with Gasteiger partial charge in [-0.15, -0.1) is 0 Å². The fraction of sp³-hybridized carbons (Fsp3) is 0.235. The van der Waals surface area contributed by atoms with Crippen LogP contribution in [0.15, 0.2) is 24.3 Å². The van der Waals surface area contributed by atoms with Gasteiger partial charge in [-0.05, 0) is 68.1 Å². The van der Waals surface area contributed by atoms with E-state index in [4.69, 9.17) is 5.73 Å². The van der Waals surface area contributed by atoms with Crippen molar-refractivity contribution < 1.29 is 9.18 Å². The van der Waals surface area contributed by atoms with E-state index in [1.165, 1.54) is 12.1 Å². The van der Waals surface area contributed by atoms with Crippen molar-refractivity contribution in [3.05, 3.63) is 63.5 Å². The maximum atomic E-state index is 14.0. The molecule has 2 N–H and O–H groups in total. The highest BCUT2D eigenvalue weighted by atomic mass is 19.1. The molecule has 3 heteroatoms. The van der Waals surface area contributed by atoms with Crippen LogP contribution in [0.25, 0.3) is 0 Å². The SMILES string of the molecule is Cc1cc(C)c(C)c(C(=O)c2ccc(N)cc2F)c1C. The van der Waals surface area contributed by atoms with Crippen LogP contribution in [-0.4, -0.2) is 5.78 Å². The molecule has 2 aromatic carbocycles. The number of hydrogen-bond acceptors (Lipinski definition) is 2. The van der Waals surface area contributed by atoms with Crippen molar-refractivity contribution in [1.29, 1.82) is 0 Å². The van der Waals surface area contributed by atoms with Gasteiger partial charge in [0.2, 0.25) is 0 Å². The Morgan fingerprint density at radius 2 is 1.55 bits per heavy atom. The molecule has 0 spiro atoms. The van der Waals surface area contributed by atoms with Gasteiger partial charge < -0.3 is 5.73 Å². The summed E-state index contributed by atoms with van der Waals surface area (Å²) < 4.78 is 14.0. The first-order valence-electron chi connectivity index (χ1n) is 6.50. The minimum absolute atomic E-state index is 0.0652. The number of rotatable bonds is 2. The molecule has 0 radical (unpaired) electrons. The monoisotopic (exact) mass is 271 g/mol. The highest BCUT2D eigenvalue weighted by Crippen LogP contribution is 2.25. The second kappa shape index (κ2) is 5.08. The number of carbonyl (C=O) groups excluding carboxylic acids is 1. The molecule has 104 valence electrons. The molecule has 0 saturated carbocycles. The summed E-state index contributed by atoms with van der Waals surface area (Å²) in [6, 6.07) is 6.22. The van der Waals surface area contributed by atoms with E-state index in [0.717, 1.165) is 22.3 Å². The molecule has 0 aliphatic heterocycles. The Morgan fingerprint density at radius 3 is 2.05 bits per heavy atom. The molecule has 0 amide bonds. The van der Waals surface area contributed by atoms with E-state index in [1.54, 1.807) is 6.07 Å². The van der Waals surface area contributed by atoms with E-state index in [2.05, 4.69) is 0 Å². The predicted octanol–water partition coefficient (Wildman–Crippen LogP) is 3.87. The number of anilines is 1. The van der Waals surface area contributed by atoms with Crippen molar-refractivity contribution in [1.82, 2.24) is 0 Å². The molecule has 0 fully saturated rings. The van der Waals surface area contributed by atoms with E-state index >= 15 is 0 Å². The van der Waals surface area contributed by atoms with Gasteiger partial charge in [-0.25, -0.2) is 4.39 Å². The first-order valence-corrected chi connectivity index (χ1v) is 6.50. The zero-order valence-electron chi connectivity index (χ0n) is 12.2. The first kappa shape index (κ1) is 14.3. The Kier molecular flexibility index (Phi) is 3.62. The van der Waals surface area contributed by atoms with Crippen molar-refractivity contribution in [3.63, 3.8) is 0 Å². The number of carbonyl (C=O) groups is 1. The number of nitrogens with two attached hydrogens (primary N) is 1. The van der Waals surface area contributed by atoms with Crippen molar-refractivity contribution in [2.75, 3.05) is 5.73 Å². The van der Waals surface area contributed by atoms with Crippen LogP contribution >= 0.6 is 0 Å². The fourth-order valence-corrected chi connectivity index (χ4v) is 2.41. The number of halogens is 1. The zero-order chi connectivity index (χ0) is 15.0. The third kappa shape index (κ3) is 2.31. The maximum Gasteiger partial charge on any atom is 0.196 e. The number of hydrogen-bond donors (Lipinski definition) is 1. The van der Waals surface area contributed by atoms with E-state index in [9.17, 15) is 9.18 Å². The molecule has 2 aromatic rings. The van der Waals surface area contributed by atoms with Crippen LogP contribution < -0.4 is 5.73 Å². The summed E-state index contributed by atoms with van der Waals surface area (Å²) in [5.41, 5.74) is 10.4. The second-order valence-corrected chi connectivity index (χ2v) is 5.20. The summed E-state index contributed by atoms with van der Waals surface area (Å²) in [4.78, 5) is 12.6. The van der Waals surface area contributed by atoms with E-state index in [-0.39, 0.29) is 11.3 Å². The minimum Gasteiger partial charge on any atom is -0.399 e. The van der Waals surface area contributed by atoms with Gasteiger partial charge in [-0.2, -0.15) is 0 Å². The normalized spacial score (nSPS) is 10.7. The second-order valence-electron chi connectivity index (χ2n) is 5.20. The smallest absolute Gasteiger partial charge is 0.196 e. The molecule has 0 aliphatic rings. The summed E-state index contributed by atoms with van der Waals surface area (Å²) in [6.45, 7) is 7.70. The summed E-state index contributed by atoms with van der Waals surface area (Å²) in [5, 5.41) is 0. The highest BCUT2D eigenvalue weighted by Gasteiger charge is 2.20. The summed E-state index contributed by atoms with van der Waals surface area (Å²) >= 11 is 0. The topological polar surface area (TPSA) is 43.1 Å². The molecule has 2 rings (SSSR count). The predicted molar refractivity (Wildman–Crippen MR) is 79.6 cm³/mol. The van der Waals surface area contributed by atoms with E-state index < -0.39 is 5.82 Å². The van der Waals surface area contributed by atoms with Crippen LogP contribution in [0.4, 0.5) is 10.1 Å². The van der Waals surface area contributed by atoms with Crippen LogP contribution in [0.2, 0.25) is 0 Å². The Labute approximate surface area is 118 Å². The molecule has 0 atom stereocenters. The van der Waals surface area contributed by atoms with Gasteiger partial charge >= 0.3 is 0 Å². The zero-order valence-corrected chi connectivity index (χ0v) is 12.2. The van der Waals surface area contributed by atoms with Crippen molar-refractivity contribution in [2.45, 2.75) is 27.7 Å². The summed E-state index contributed by atoms with van der Waals surface area (Å²) in [6.07, 6.45) is 0. The van der Waals surface area contributed by atoms with Crippen LogP contribution in [0.3, 0.4) is 0 Å². The average molecular weight is 271 g/mol. The van der Waals surface area contributed by atoms with Crippen molar-refractivity contribution in [2.24, 2.45) is 0 Å². The van der Waals surface area contributed by atoms with Gasteiger partial charge in [-0.3, -0.25) is 4.79 Å². The summed E-state index contributed by atoms with van der Waals surface area (Å²) in [7, 11) is 0. The first-order chi connectivity index (χ1) is 9.32. The lowest BCUT2D eigenvalue weighted by Crippen LogP contribution is -2.11. The molecule has 0 aromatic heterocycles. The van der Waals surface area contributed by atoms with Gasteiger partial charge in [-0.1, -0.05) is 6.07 Å². The Hall–Kier alpha value is -2.16. The Bertz CT molecular complexity index is 678. The molecular formula is C17H18FNO. The lowest BCUT2D eigenvalue weighted by atomic mass is 9.89. The largest absolute Gasteiger partial charge is 0.399 e. The van der Waals surface area contributed by atoms with Gasteiger partial charge in [0.25, 0.3) is 0 Å². The number of nitrogen functional groups attached to an aromatic ring is 1. The molecular weight excluding hydrogens is 253 g/mol. The Balaban J connectivity index is 2.65. The van der Waals surface area contributed by atoms with Crippen LogP contribution in [0.5, 0.6) is 0 Å². The van der Waals surface area contributed by atoms with Gasteiger partial charge in [0.1, 0.15) is 5.82 Å². The van der Waals surface area contributed by atoms with Gasteiger partial charge in [0.15, 0.2) is 5.78 Å².